The topological polar surface area (TPSA) is 28.2 Å². The molecule has 2 heterocycles. The van der Waals surface area contributed by atoms with Gasteiger partial charge in [-0.25, -0.2) is 4.98 Å². The SMILES string of the molecule is CCCN(CC1CCCN1)c1ncccc1Br. The van der Waals surface area contributed by atoms with E-state index in [4.69, 9.17) is 0 Å². The first-order valence-electron chi connectivity index (χ1n) is 6.40. The minimum Gasteiger partial charge on any atom is -0.354 e. The highest BCUT2D eigenvalue weighted by Gasteiger charge is 2.19. The van der Waals surface area contributed by atoms with Crippen LogP contribution in [0.5, 0.6) is 0 Å². The van der Waals surface area contributed by atoms with Crippen LogP contribution in [-0.2, 0) is 0 Å². The van der Waals surface area contributed by atoms with Crippen LogP contribution in [0.4, 0.5) is 5.82 Å². The van der Waals surface area contributed by atoms with E-state index in [1.54, 1.807) is 0 Å². The first-order chi connectivity index (χ1) is 8.31. The molecule has 1 aromatic rings. The molecule has 1 aliphatic rings. The van der Waals surface area contributed by atoms with Gasteiger partial charge in [-0.3, -0.25) is 0 Å². The number of pyridine rings is 1. The minimum atomic E-state index is 0.621. The van der Waals surface area contributed by atoms with E-state index in [1.807, 2.05) is 12.3 Å². The molecule has 1 unspecified atom stereocenters. The quantitative estimate of drug-likeness (QED) is 0.906. The molecule has 4 heteroatoms. The summed E-state index contributed by atoms with van der Waals surface area (Å²) in [6.45, 7) is 5.50. The fourth-order valence-corrected chi connectivity index (χ4v) is 2.85. The lowest BCUT2D eigenvalue weighted by atomic mass is 10.2. The summed E-state index contributed by atoms with van der Waals surface area (Å²) in [6, 6.07) is 4.65. The summed E-state index contributed by atoms with van der Waals surface area (Å²) in [6.07, 6.45) is 5.60. The Kier molecular flexibility index (Phi) is 4.80. The molecule has 0 bridgehead atoms. The first kappa shape index (κ1) is 12.8. The Hall–Kier alpha value is -0.610. The molecule has 0 aliphatic carbocycles. The van der Waals surface area contributed by atoms with Gasteiger partial charge in [0.15, 0.2) is 0 Å². The molecule has 3 nitrogen and oxygen atoms in total. The van der Waals surface area contributed by atoms with Crippen LogP contribution >= 0.6 is 15.9 Å². The van der Waals surface area contributed by atoms with Gasteiger partial charge in [0.2, 0.25) is 0 Å². The first-order valence-corrected chi connectivity index (χ1v) is 7.19. The van der Waals surface area contributed by atoms with Crippen molar-refractivity contribution >= 4 is 21.7 Å². The van der Waals surface area contributed by atoms with Crippen LogP contribution in [0.2, 0.25) is 0 Å². The maximum atomic E-state index is 4.49. The largest absolute Gasteiger partial charge is 0.354 e. The molecule has 1 N–H and O–H groups in total. The van der Waals surface area contributed by atoms with E-state index in [9.17, 15) is 0 Å². The standard InChI is InChI=1S/C13H20BrN3/c1-2-9-17(10-11-5-3-7-15-11)13-12(14)6-4-8-16-13/h4,6,8,11,15H,2-3,5,7,9-10H2,1H3. The Morgan fingerprint density at radius 2 is 2.47 bits per heavy atom. The molecule has 0 radical (unpaired) electrons. The number of anilines is 1. The van der Waals surface area contributed by atoms with Crippen LogP contribution in [0.1, 0.15) is 26.2 Å². The molecule has 0 spiro atoms. The molecule has 0 amide bonds. The average Bonchev–Trinajstić information content (AvgIpc) is 2.82. The third kappa shape index (κ3) is 3.42. The lowest BCUT2D eigenvalue weighted by Gasteiger charge is -2.27. The summed E-state index contributed by atoms with van der Waals surface area (Å²) < 4.78 is 1.09. The van der Waals surface area contributed by atoms with Crippen molar-refractivity contribution in [2.24, 2.45) is 0 Å². The molecule has 1 fully saturated rings. The smallest absolute Gasteiger partial charge is 0.142 e. The molecule has 1 saturated heterocycles. The summed E-state index contributed by atoms with van der Waals surface area (Å²) in [5.41, 5.74) is 0. The van der Waals surface area contributed by atoms with Crippen LogP contribution in [0.25, 0.3) is 0 Å². The van der Waals surface area contributed by atoms with Crippen molar-refractivity contribution in [3.63, 3.8) is 0 Å². The monoisotopic (exact) mass is 297 g/mol. The molecular formula is C13H20BrN3. The van der Waals surface area contributed by atoms with Crippen molar-refractivity contribution in [1.82, 2.24) is 10.3 Å². The zero-order valence-corrected chi connectivity index (χ0v) is 11.9. The highest BCUT2D eigenvalue weighted by molar-refractivity contribution is 9.10. The zero-order valence-electron chi connectivity index (χ0n) is 10.3. The molecular weight excluding hydrogens is 278 g/mol. The molecule has 0 saturated carbocycles. The number of nitrogens with zero attached hydrogens (tertiary/aromatic N) is 2. The van der Waals surface area contributed by atoms with Gasteiger partial charge < -0.3 is 10.2 Å². The number of hydrogen-bond acceptors (Lipinski definition) is 3. The lowest BCUT2D eigenvalue weighted by molar-refractivity contribution is 0.575. The fraction of sp³-hybridized carbons (Fsp3) is 0.615. The van der Waals surface area contributed by atoms with Crippen LogP contribution in [0.15, 0.2) is 22.8 Å². The second kappa shape index (κ2) is 6.36. The second-order valence-electron chi connectivity index (χ2n) is 4.55. The fourth-order valence-electron chi connectivity index (χ4n) is 2.34. The van der Waals surface area contributed by atoms with Crippen LogP contribution < -0.4 is 10.2 Å². The minimum absolute atomic E-state index is 0.621. The van der Waals surface area contributed by atoms with Gasteiger partial charge >= 0.3 is 0 Å². The van der Waals surface area contributed by atoms with Gasteiger partial charge in [0, 0.05) is 25.3 Å². The van der Waals surface area contributed by atoms with Crippen molar-refractivity contribution in [3.8, 4) is 0 Å². The van der Waals surface area contributed by atoms with Crippen molar-refractivity contribution < 1.29 is 0 Å². The Balaban J connectivity index is 2.08. The van der Waals surface area contributed by atoms with Gasteiger partial charge in [0.05, 0.1) is 4.47 Å². The molecule has 0 aromatic carbocycles. The molecule has 1 aliphatic heterocycles. The van der Waals surface area contributed by atoms with Gasteiger partial charge in [0.1, 0.15) is 5.82 Å². The number of rotatable bonds is 5. The summed E-state index contributed by atoms with van der Waals surface area (Å²) in [4.78, 5) is 6.87. The summed E-state index contributed by atoms with van der Waals surface area (Å²) in [5.74, 6) is 1.07. The predicted molar refractivity (Wildman–Crippen MR) is 75.5 cm³/mol. The van der Waals surface area contributed by atoms with Gasteiger partial charge in [-0.15, -0.1) is 0 Å². The average molecular weight is 298 g/mol. The number of nitrogens with one attached hydrogen (secondary N) is 1. The van der Waals surface area contributed by atoms with E-state index in [0.29, 0.717) is 6.04 Å². The Labute approximate surface area is 112 Å². The lowest BCUT2D eigenvalue weighted by Crippen LogP contribution is -2.38. The van der Waals surface area contributed by atoms with E-state index >= 15 is 0 Å². The van der Waals surface area contributed by atoms with Crippen molar-refractivity contribution in [2.45, 2.75) is 32.2 Å². The molecule has 94 valence electrons. The molecule has 17 heavy (non-hydrogen) atoms. The summed E-state index contributed by atoms with van der Waals surface area (Å²) in [7, 11) is 0. The normalized spacial score (nSPS) is 19.5. The van der Waals surface area contributed by atoms with Crippen molar-refractivity contribution in [3.05, 3.63) is 22.8 Å². The van der Waals surface area contributed by atoms with E-state index in [2.05, 4.69) is 44.1 Å². The van der Waals surface area contributed by atoms with Crippen LogP contribution in [0, 0.1) is 0 Å². The van der Waals surface area contributed by atoms with E-state index in [1.165, 1.54) is 12.8 Å². The Morgan fingerprint density at radius 1 is 1.59 bits per heavy atom. The highest BCUT2D eigenvalue weighted by Crippen LogP contribution is 2.24. The van der Waals surface area contributed by atoms with Crippen molar-refractivity contribution in [2.75, 3.05) is 24.5 Å². The summed E-state index contributed by atoms with van der Waals surface area (Å²) in [5, 5.41) is 3.55. The third-order valence-electron chi connectivity index (χ3n) is 3.14. The van der Waals surface area contributed by atoms with Gasteiger partial charge in [-0.05, 0) is 53.9 Å². The molecule has 1 aromatic heterocycles. The van der Waals surface area contributed by atoms with Crippen LogP contribution in [0.3, 0.4) is 0 Å². The maximum Gasteiger partial charge on any atom is 0.142 e. The third-order valence-corrected chi connectivity index (χ3v) is 3.75. The van der Waals surface area contributed by atoms with E-state index < -0.39 is 0 Å². The Morgan fingerprint density at radius 3 is 3.12 bits per heavy atom. The predicted octanol–water partition coefficient (Wildman–Crippen LogP) is 2.81. The van der Waals surface area contributed by atoms with E-state index in [0.717, 1.165) is 36.3 Å². The van der Waals surface area contributed by atoms with Gasteiger partial charge in [-0.1, -0.05) is 6.92 Å². The number of hydrogen-bond donors (Lipinski definition) is 1. The van der Waals surface area contributed by atoms with Gasteiger partial charge in [0.25, 0.3) is 0 Å². The van der Waals surface area contributed by atoms with E-state index in [-0.39, 0.29) is 0 Å². The molecule has 2 rings (SSSR count). The summed E-state index contributed by atoms with van der Waals surface area (Å²) >= 11 is 3.59. The van der Waals surface area contributed by atoms with Gasteiger partial charge in [-0.2, -0.15) is 0 Å². The number of aromatic nitrogens is 1. The van der Waals surface area contributed by atoms with Crippen molar-refractivity contribution in [1.29, 1.82) is 0 Å². The Bertz CT molecular complexity index is 350. The highest BCUT2D eigenvalue weighted by atomic mass is 79.9. The second-order valence-corrected chi connectivity index (χ2v) is 5.40. The number of halogens is 1. The molecule has 1 atom stereocenters. The maximum absolute atomic E-state index is 4.49. The van der Waals surface area contributed by atoms with Crippen LogP contribution in [-0.4, -0.2) is 30.7 Å². The zero-order chi connectivity index (χ0) is 12.1.